The Hall–Kier alpha value is -2.19. The fourth-order valence-corrected chi connectivity index (χ4v) is 6.68. The summed E-state index contributed by atoms with van der Waals surface area (Å²) in [6.07, 6.45) is 8.49. The molecule has 0 aliphatic carbocycles. The molecule has 0 aromatic heterocycles. The van der Waals surface area contributed by atoms with Crippen LogP contribution in [0.5, 0.6) is 0 Å². The lowest BCUT2D eigenvalue weighted by molar-refractivity contribution is -0.162. The van der Waals surface area contributed by atoms with Gasteiger partial charge in [0, 0.05) is 25.7 Å². The van der Waals surface area contributed by atoms with Crippen LogP contribution in [-0.2, 0) is 23.9 Å². The molecule has 8 nitrogen and oxygen atoms in total. The second kappa shape index (κ2) is 11.9. The lowest BCUT2D eigenvalue weighted by Gasteiger charge is -2.39. The Labute approximate surface area is 215 Å². The molecule has 2 bridgehead atoms. The summed E-state index contributed by atoms with van der Waals surface area (Å²) in [5, 5.41) is 9.34. The lowest BCUT2D eigenvalue weighted by atomic mass is 9.65. The normalized spacial score (nSPS) is 31.3. The monoisotopic (exact) mass is 504 g/mol. The molecule has 1 spiro atoms. The zero-order valence-electron chi connectivity index (χ0n) is 22.2. The number of carbonyl (C=O) groups is 3. The van der Waals surface area contributed by atoms with E-state index in [2.05, 4.69) is 20.1 Å². The molecule has 202 valence electrons. The predicted octanol–water partition coefficient (Wildman–Crippen LogP) is 3.24. The molecular formula is C28H44N2O6. The first-order valence-electron chi connectivity index (χ1n) is 13.6. The van der Waals surface area contributed by atoms with Gasteiger partial charge in [0.25, 0.3) is 0 Å². The zero-order chi connectivity index (χ0) is 26.5. The minimum Gasteiger partial charge on any atom is -0.465 e. The van der Waals surface area contributed by atoms with E-state index in [-0.39, 0.29) is 31.1 Å². The maximum Gasteiger partial charge on any atom is 0.312 e. The average molecular weight is 505 g/mol. The molecule has 3 fully saturated rings. The van der Waals surface area contributed by atoms with Crippen LogP contribution in [0.25, 0.3) is 0 Å². The van der Waals surface area contributed by atoms with E-state index in [9.17, 15) is 19.5 Å². The Balaban J connectivity index is 2.04. The van der Waals surface area contributed by atoms with Gasteiger partial charge >= 0.3 is 5.97 Å². The van der Waals surface area contributed by atoms with Gasteiger partial charge in [-0.2, -0.15) is 0 Å². The van der Waals surface area contributed by atoms with E-state index in [1.165, 1.54) is 0 Å². The highest BCUT2D eigenvalue weighted by Crippen LogP contribution is 2.64. The number of esters is 1. The van der Waals surface area contributed by atoms with Crippen molar-refractivity contribution in [2.45, 2.75) is 95.4 Å². The molecule has 0 saturated carbocycles. The summed E-state index contributed by atoms with van der Waals surface area (Å²) in [7, 11) is 0. The number of nitrogens with zero attached hydrogens (tertiary/aromatic N) is 2. The van der Waals surface area contributed by atoms with Crippen molar-refractivity contribution in [3.05, 3.63) is 25.3 Å². The van der Waals surface area contributed by atoms with Gasteiger partial charge in [0.05, 0.1) is 18.1 Å². The second-order valence-electron chi connectivity index (χ2n) is 10.5. The van der Waals surface area contributed by atoms with Gasteiger partial charge in [-0.05, 0) is 51.9 Å². The van der Waals surface area contributed by atoms with Gasteiger partial charge in [-0.3, -0.25) is 14.4 Å². The second-order valence-corrected chi connectivity index (χ2v) is 10.5. The number of hydrogen-bond donors (Lipinski definition) is 1. The number of amides is 2. The Morgan fingerprint density at radius 3 is 2.64 bits per heavy atom. The Morgan fingerprint density at radius 1 is 1.28 bits per heavy atom. The maximum absolute atomic E-state index is 14.3. The van der Waals surface area contributed by atoms with E-state index in [0.717, 1.165) is 12.8 Å². The summed E-state index contributed by atoms with van der Waals surface area (Å²) in [5.41, 5.74) is -1.86. The van der Waals surface area contributed by atoms with Crippen molar-refractivity contribution < 1.29 is 29.0 Å². The van der Waals surface area contributed by atoms with E-state index >= 15 is 0 Å². The van der Waals surface area contributed by atoms with Gasteiger partial charge in [0.1, 0.15) is 17.6 Å². The summed E-state index contributed by atoms with van der Waals surface area (Å²) in [6.45, 7) is 14.5. The standard InChI is InChI=1S/C28H44N2O6/c1-6-10-19-35-26(34)22-21-24(32)30(17-11-12-18-31)23(28(21)15-14-27(22,9-4)36-28)25(33)29(16-8-3)20(5)13-7-2/h6,8,20-23,31H,1,3,7,9-19H2,2,4-5H3/t20?,21-,22+,23?,27-,28?/m0/s1. The van der Waals surface area contributed by atoms with Crippen LogP contribution in [0, 0.1) is 11.8 Å². The Kier molecular flexibility index (Phi) is 9.39. The fraction of sp³-hybridized carbons (Fsp3) is 0.750. The van der Waals surface area contributed by atoms with E-state index in [1.54, 1.807) is 22.0 Å². The van der Waals surface area contributed by atoms with Crippen molar-refractivity contribution in [3.8, 4) is 0 Å². The molecule has 0 aromatic carbocycles. The smallest absolute Gasteiger partial charge is 0.312 e. The molecule has 2 amide bonds. The van der Waals surface area contributed by atoms with Crippen molar-refractivity contribution in [1.29, 1.82) is 0 Å². The van der Waals surface area contributed by atoms with Gasteiger partial charge in [-0.1, -0.05) is 32.4 Å². The fourth-order valence-electron chi connectivity index (χ4n) is 6.68. The third kappa shape index (κ3) is 4.74. The van der Waals surface area contributed by atoms with E-state index in [1.807, 2.05) is 13.8 Å². The van der Waals surface area contributed by atoms with Gasteiger partial charge in [0.2, 0.25) is 11.8 Å². The number of fused-ring (bicyclic) bond motifs is 1. The van der Waals surface area contributed by atoms with Crippen LogP contribution in [0.2, 0.25) is 0 Å². The first kappa shape index (κ1) is 28.4. The molecule has 36 heavy (non-hydrogen) atoms. The molecule has 3 rings (SSSR count). The highest BCUT2D eigenvalue weighted by molar-refractivity contribution is 5.98. The Bertz CT molecular complexity index is 846. The molecule has 1 N–H and O–H groups in total. The molecule has 6 atom stereocenters. The van der Waals surface area contributed by atoms with Crippen molar-refractivity contribution in [3.63, 3.8) is 0 Å². The molecule has 3 aliphatic heterocycles. The van der Waals surface area contributed by atoms with Crippen molar-refractivity contribution >= 4 is 17.8 Å². The molecule has 3 heterocycles. The Morgan fingerprint density at radius 2 is 2.03 bits per heavy atom. The predicted molar refractivity (Wildman–Crippen MR) is 137 cm³/mol. The first-order chi connectivity index (χ1) is 17.3. The molecule has 3 unspecified atom stereocenters. The largest absolute Gasteiger partial charge is 0.465 e. The zero-order valence-corrected chi connectivity index (χ0v) is 22.2. The third-order valence-corrected chi connectivity index (χ3v) is 8.39. The van der Waals surface area contributed by atoms with E-state index in [4.69, 9.17) is 9.47 Å². The van der Waals surface area contributed by atoms with Crippen LogP contribution in [0.3, 0.4) is 0 Å². The first-order valence-corrected chi connectivity index (χ1v) is 13.6. The van der Waals surface area contributed by atoms with Gasteiger partial charge in [0.15, 0.2) is 0 Å². The molecule has 3 saturated heterocycles. The summed E-state index contributed by atoms with van der Waals surface area (Å²) in [6, 6.07) is -0.837. The minimum absolute atomic E-state index is 0.0129. The SMILES string of the molecule is C=CCCOC(=O)[C@H]1[C@H]2C(=O)N(CCCCO)C(C(=O)N(CC=C)C(C)CCC)C23CC[C@]1(CC)O3. The number of carbonyl (C=O) groups excluding carboxylic acids is 3. The quantitative estimate of drug-likeness (QED) is 0.209. The summed E-state index contributed by atoms with van der Waals surface area (Å²) in [4.78, 5) is 45.1. The number of hydrogen-bond acceptors (Lipinski definition) is 6. The van der Waals surface area contributed by atoms with Gasteiger partial charge < -0.3 is 24.4 Å². The van der Waals surface area contributed by atoms with Crippen LogP contribution in [0.1, 0.15) is 72.1 Å². The number of rotatable bonds is 15. The summed E-state index contributed by atoms with van der Waals surface area (Å²) >= 11 is 0. The average Bonchev–Trinajstić information content (AvgIpc) is 3.46. The number of ether oxygens (including phenoxy) is 2. The number of aliphatic hydroxyl groups excluding tert-OH is 1. The molecular weight excluding hydrogens is 460 g/mol. The number of likely N-dealkylation sites (tertiary alicyclic amines) is 1. The van der Waals surface area contributed by atoms with Crippen molar-refractivity contribution in [2.75, 3.05) is 26.3 Å². The topological polar surface area (TPSA) is 96.4 Å². The summed E-state index contributed by atoms with van der Waals surface area (Å²) in [5.74, 6) is -2.29. The highest BCUT2D eigenvalue weighted by atomic mass is 16.6. The van der Waals surface area contributed by atoms with E-state index in [0.29, 0.717) is 51.6 Å². The van der Waals surface area contributed by atoms with Gasteiger partial charge in [-0.15, -0.1) is 13.2 Å². The van der Waals surface area contributed by atoms with Crippen LogP contribution >= 0.6 is 0 Å². The number of unbranched alkanes of at least 4 members (excludes halogenated alkanes) is 1. The summed E-state index contributed by atoms with van der Waals surface area (Å²) < 4.78 is 12.3. The minimum atomic E-state index is -1.06. The highest BCUT2D eigenvalue weighted by Gasteiger charge is 2.79. The van der Waals surface area contributed by atoms with Gasteiger partial charge in [-0.25, -0.2) is 0 Å². The third-order valence-electron chi connectivity index (χ3n) is 8.39. The van der Waals surface area contributed by atoms with E-state index < -0.39 is 35.0 Å². The maximum atomic E-state index is 14.3. The van der Waals surface area contributed by atoms with Crippen LogP contribution in [0.15, 0.2) is 25.3 Å². The number of aliphatic hydroxyl groups is 1. The van der Waals surface area contributed by atoms with Crippen LogP contribution in [0.4, 0.5) is 0 Å². The molecule has 8 heteroatoms. The molecule has 0 aromatic rings. The van der Waals surface area contributed by atoms with Crippen molar-refractivity contribution in [2.24, 2.45) is 11.8 Å². The van der Waals surface area contributed by atoms with Crippen LogP contribution in [-0.4, -0.2) is 82.3 Å². The molecule has 3 aliphatic rings. The lowest BCUT2D eigenvalue weighted by Crippen LogP contribution is -2.58. The molecule has 0 radical (unpaired) electrons. The van der Waals surface area contributed by atoms with Crippen LogP contribution < -0.4 is 0 Å². The van der Waals surface area contributed by atoms with Crippen molar-refractivity contribution in [1.82, 2.24) is 9.80 Å².